The van der Waals surface area contributed by atoms with Crippen molar-refractivity contribution < 1.29 is 156 Å². The smallest absolute Gasteiger partial charge is 0.222 e. The first-order valence-corrected chi connectivity index (χ1v) is 46.1. The lowest BCUT2D eigenvalue weighted by atomic mass is 9.84. The van der Waals surface area contributed by atoms with Crippen LogP contribution in [-0.4, -0.2) is 363 Å². The fraction of sp³-hybridized carbons (Fsp3) is 0.854. The molecule has 125 heavy (non-hydrogen) atoms. The van der Waals surface area contributed by atoms with Crippen LogP contribution in [-0.2, 0) is 104 Å². The van der Waals surface area contributed by atoms with E-state index in [0.717, 1.165) is 38.5 Å². The van der Waals surface area contributed by atoms with Crippen LogP contribution in [0.15, 0.2) is 0 Å². The topological polar surface area (TPSA) is 611 Å². The number of ketones is 1. The first-order valence-electron chi connectivity index (χ1n) is 44.1. The Kier molecular flexibility index (Phi) is 55.9. The summed E-state index contributed by atoms with van der Waals surface area (Å²) in [6.07, 6.45) is -4.86. The fourth-order valence-corrected chi connectivity index (χ4v) is 15.5. The molecule has 0 aromatic carbocycles. The predicted octanol–water partition coefficient (Wildman–Crippen LogP) is -2.62. The number of amides is 10. The molecule has 722 valence electrons. The highest BCUT2D eigenvalue weighted by Gasteiger charge is 2.48. The lowest BCUT2D eigenvalue weighted by molar-refractivity contribution is -0.270. The van der Waals surface area contributed by atoms with Crippen molar-refractivity contribution in [3.8, 4) is 0 Å². The minimum atomic E-state index is -3.02. The number of ether oxygens (including phenoxy) is 9. The van der Waals surface area contributed by atoms with E-state index >= 15 is 0 Å². The van der Waals surface area contributed by atoms with Crippen LogP contribution in [0, 0.1) is 12.1 Å². The summed E-state index contributed by atoms with van der Waals surface area (Å²) < 4.78 is 69.9. The summed E-state index contributed by atoms with van der Waals surface area (Å²) in [4.78, 5) is 142. The molecule has 4 saturated heterocycles. The van der Waals surface area contributed by atoms with Crippen molar-refractivity contribution in [2.75, 3.05) is 138 Å². The summed E-state index contributed by atoms with van der Waals surface area (Å²) in [6, 6.07) is -3.53. The van der Waals surface area contributed by atoms with Crippen molar-refractivity contribution in [3.05, 3.63) is 6.66 Å². The van der Waals surface area contributed by atoms with Gasteiger partial charge in [0.1, 0.15) is 78.8 Å². The van der Waals surface area contributed by atoms with Crippen molar-refractivity contribution in [2.24, 2.45) is 5.41 Å². The number of Topliss-reactive ketones (excluding diaryl/α,β-unsaturated/α-hetero) is 1. The van der Waals surface area contributed by atoms with Crippen LogP contribution in [0.4, 0.5) is 0 Å². The number of aliphatic hydroxyl groups excluding tert-OH is 10. The standard InChI is InChI=1S/C82H146N10O32P/c1-54(96)89-70-76(111)73(108)60(48-93)122-79(70)119-38-17-14-24-63(101)83-32-20-35-86-66(104)28-41-116-51-82(46-58(99)23-12-10-8-6-7-9-11-13-27-69(107)92-47-59(100)45-57(92)31-44-125(5,114)115-4,52-117-42-29-67(105)87-36-21-33-84-64(102)25-15-18-39-120-80-71(90-55(2)97)77(112)74(109)61(49-94)123-80)53-118-43-30-68(106)88-37-22-34-85-65(103)26-16-19-40-121-81-72(91-56(3)98)78(113)75(110)62(50-95)124-81/h57,59-62,70-81,93-95,100,108-113H,5-53H2,1-4H3,(H,83,101)(H,84,102)(H,85,103)(H,86,104)(H,87,105)(H,88,106)(H,89,96)(H,90,97)(H,91,98)/q-1/t57-,59-,60?,61?,62?,70?,71?,72?,73?,74?,75?,76?,77?,78?,79?,80?,81?,82?,125?/m1/s1. The summed E-state index contributed by atoms with van der Waals surface area (Å²) in [5.74, 6) is -3.52. The van der Waals surface area contributed by atoms with Crippen molar-refractivity contribution in [3.63, 3.8) is 0 Å². The molecule has 10 amide bonds. The minimum Gasteiger partial charge on any atom is -0.394 e. The SMILES string of the molecule is [CH2-]P(=O)(CC[C@@H]1C[C@@H](O)CN1C(=O)CCCCCCCCCCC(=O)CC(COCCC(=O)NCCCNC(=O)CCCCOC1OC(CO)C(O)C(O)C1NC(C)=O)(COCCC(=O)NCCCNC(=O)CCCCOC1OC(CO)C(O)C(O)C1NC(C)=O)COCCC(=O)NCCCNC(=O)CCCCOC1OC(CO)C(O)C(O)C1NC(C)=O)OC. The van der Waals surface area contributed by atoms with Crippen molar-refractivity contribution in [1.82, 2.24) is 52.8 Å². The van der Waals surface area contributed by atoms with Crippen LogP contribution in [0.5, 0.6) is 0 Å². The van der Waals surface area contributed by atoms with E-state index in [1.807, 2.05) is 0 Å². The van der Waals surface area contributed by atoms with Gasteiger partial charge in [-0.15, -0.1) is 0 Å². The van der Waals surface area contributed by atoms with Crippen molar-refractivity contribution in [2.45, 2.75) is 305 Å². The third-order valence-electron chi connectivity index (χ3n) is 21.6. The van der Waals surface area contributed by atoms with Gasteiger partial charge in [-0.3, -0.25) is 59.4 Å². The number of carbonyl (C=O) groups is 11. The largest absolute Gasteiger partial charge is 0.394 e. The molecule has 0 bridgehead atoms. The van der Waals surface area contributed by atoms with Gasteiger partial charge in [-0.25, -0.2) is 0 Å². The van der Waals surface area contributed by atoms with Gasteiger partial charge >= 0.3 is 0 Å². The van der Waals surface area contributed by atoms with Gasteiger partial charge in [0.25, 0.3) is 0 Å². The van der Waals surface area contributed by atoms with Crippen molar-refractivity contribution >= 4 is 72.2 Å². The number of aliphatic hydroxyl groups is 10. The summed E-state index contributed by atoms with van der Waals surface area (Å²) in [5.41, 5.74) is -1.20. The third-order valence-corrected chi connectivity index (χ3v) is 23.3. The van der Waals surface area contributed by atoms with Gasteiger partial charge in [0.05, 0.1) is 72.9 Å². The van der Waals surface area contributed by atoms with Gasteiger partial charge in [-0.1, -0.05) is 38.5 Å². The molecule has 42 nitrogen and oxygen atoms in total. The minimum absolute atomic E-state index is 0.0491. The molecule has 0 aromatic rings. The maximum absolute atomic E-state index is 14.2. The first-order chi connectivity index (χ1) is 59.8. The Morgan fingerprint density at radius 1 is 0.408 bits per heavy atom. The normalized spacial score (nSPS) is 25.3. The Balaban J connectivity index is 1.31. The molecule has 0 radical (unpaired) electrons. The number of unbranched alkanes of at least 4 members (excludes halogenated alkanes) is 10. The predicted molar refractivity (Wildman–Crippen MR) is 448 cm³/mol. The van der Waals surface area contributed by atoms with Crippen LogP contribution < -0.4 is 47.9 Å². The van der Waals surface area contributed by atoms with Crippen molar-refractivity contribution in [1.29, 1.82) is 0 Å². The number of β-amino-alcohol motifs (C(OH)–C–C–N with tert-alkyl or cyclic N) is 1. The van der Waals surface area contributed by atoms with Crippen LogP contribution in [0.3, 0.4) is 0 Å². The Hall–Kier alpha value is -6.20. The van der Waals surface area contributed by atoms with Gasteiger partial charge in [0.2, 0.25) is 59.1 Å². The Morgan fingerprint density at radius 3 is 1.02 bits per heavy atom. The van der Waals surface area contributed by atoms with E-state index in [-0.39, 0.29) is 216 Å². The van der Waals surface area contributed by atoms with E-state index in [2.05, 4.69) is 54.5 Å². The zero-order valence-electron chi connectivity index (χ0n) is 73.3. The molecular weight excluding hydrogens is 1670 g/mol. The average molecular weight is 1820 g/mol. The highest BCUT2D eigenvalue weighted by atomic mass is 31.2. The van der Waals surface area contributed by atoms with Gasteiger partial charge in [-0.05, 0) is 89.6 Å². The molecule has 18 atom stereocenters. The molecule has 0 aromatic heterocycles. The Labute approximate surface area is 732 Å². The molecule has 0 aliphatic carbocycles. The summed E-state index contributed by atoms with van der Waals surface area (Å²) >= 11 is 0. The second kappa shape index (κ2) is 62.9. The second-order valence-electron chi connectivity index (χ2n) is 32.5. The lowest BCUT2D eigenvalue weighted by Crippen LogP contribution is -2.64. The maximum atomic E-state index is 14.2. The summed E-state index contributed by atoms with van der Waals surface area (Å²) in [5, 5.41) is 126. The molecule has 4 aliphatic rings. The van der Waals surface area contributed by atoms with E-state index in [9.17, 15) is 108 Å². The molecule has 4 heterocycles. The van der Waals surface area contributed by atoms with E-state index in [1.165, 1.54) is 27.9 Å². The molecule has 4 fully saturated rings. The molecule has 0 spiro atoms. The van der Waals surface area contributed by atoms with Gasteiger partial charge in [0, 0.05) is 163 Å². The van der Waals surface area contributed by atoms with Crippen LogP contribution in [0.2, 0.25) is 0 Å². The molecule has 43 heteroatoms. The van der Waals surface area contributed by atoms with E-state index in [1.54, 1.807) is 4.90 Å². The summed E-state index contributed by atoms with van der Waals surface area (Å²) in [7, 11) is -1.68. The molecule has 4 aliphatic heterocycles. The number of nitrogens with zero attached hydrogens (tertiary/aromatic N) is 1. The highest BCUT2D eigenvalue weighted by Crippen LogP contribution is 2.45. The zero-order valence-corrected chi connectivity index (χ0v) is 74.2. The lowest BCUT2D eigenvalue weighted by Gasteiger charge is -2.42. The number of carbonyl (C=O) groups excluding carboxylic acids is 11. The monoisotopic (exact) mass is 1810 g/mol. The number of likely N-dealkylation sites (tertiary alicyclic amines) is 1. The number of hydrogen-bond donors (Lipinski definition) is 19. The molecular formula is C82H146N10O32P-. The van der Waals surface area contributed by atoms with E-state index in [0.29, 0.717) is 89.9 Å². The molecule has 0 saturated carbocycles. The van der Waals surface area contributed by atoms with Gasteiger partial charge < -0.3 is 156 Å². The number of hydrogen-bond acceptors (Lipinski definition) is 32. The molecule has 4 rings (SSSR count). The molecule has 19 N–H and O–H groups in total. The average Bonchev–Trinajstić information content (AvgIpc) is 0.931. The van der Waals surface area contributed by atoms with Crippen LogP contribution >= 0.6 is 7.37 Å². The third kappa shape index (κ3) is 45.3. The number of nitrogens with one attached hydrogen (secondary N) is 9. The highest BCUT2D eigenvalue weighted by molar-refractivity contribution is 7.60. The number of rotatable bonds is 68. The maximum Gasteiger partial charge on any atom is 0.222 e. The first kappa shape index (κ1) is 111. The fourth-order valence-electron chi connectivity index (χ4n) is 14.6. The van der Waals surface area contributed by atoms with Gasteiger partial charge in [-0.2, -0.15) is 0 Å². The van der Waals surface area contributed by atoms with Crippen LogP contribution in [0.25, 0.3) is 0 Å². The second-order valence-corrected chi connectivity index (χ2v) is 34.9. The Bertz CT molecular complexity index is 2970. The quantitative estimate of drug-likeness (QED) is 0.0168. The van der Waals surface area contributed by atoms with Crippen LogP contribution in [0.1, 0.15) is 201 Å². The zero-order chi connectivity index (χ0) is 92.1. The molecule has 16 unspecified atom stereocenters. The van der Waals surface area contributed by atoms with E-state index < -0.39 is 148 Å². The Morgan fingerprint density at radius 2 is 0.712 bits per heavy atom. The van der Waals surface area contributed by atoms with E-state index in [4.69, 9.17) is 47.2 Å². The summed E-state index contributed by atoms with van der Waals surface area (Å²) in [6.45, 7) is 6.57. The van der Waals surface area contributed by atoms with Gasteiger partial charge in [0.15, 0.2) is 18.9 Å².